The number of aliphatic hydroxyl groups excluding tert-OH is 1. The molecule has 0 aliphatic carbocycles. The number of nitrogens with one attached hydrogen (secondary N) is 1. The van der Waals surface area contributed by atoms with Gasteiger partial charge in [-0.15, -0.1) is 0 Å². The van der Waals surface area contributed by atoms with Crippen LogP contribution in [0.2, 0.25) is 5.15 Å². The minimum Gasteiger partial charge on any atom is -0.395 e. The van der Waals surface area contributed by atoms with Gasteiger partial charge in [0, 0.05) is 12.2 Å². The second-order valence-corrected chi connectivity index (χ2v) is 5.05. The molecule has 1 amide bonds. The van der Waals surface area contributed by atoms with Gasteiger partial charge < -0.3 is 10.4 Å². The van der Waals surface area contributed by atoms with E-state index in [-0.39, 0.29) is 30.3 Å². The second kappa shape index (κ2) is 6.84. The lowest BCUT2D eigenvalue weighted by atomic mass is 10.0. The SMILES string of the molecule is O=C(CN1CCCC[C@@H]1CO)Nc1cccnc1Cl. The maximum Gasteiger partial charge on any atom is 0.238 e. The number of hydrogen-bond acceptors (Lipinski definition) is 4. The van der Waals surface area contributed by atoms with Crippen LogP contribution in [0.15, 0.2) is 18.3 Å². The number of aromatic nitrogens is 1. The molecule has 1 fully saturated rings. The van der Waals surface area contributed by atoms with Crippen molar-refractivity contribution in [1.82, 2.24) is 9.88 Å². The third-order valence-corrected chi connectivity index (χ3v) is 3.64. The molecule has 0 unspecified atom stereocenters. The maximum atomic E-state index is 12.0. The van der Waals surface area contributed by atoms with Gasteiger partial charge in [-0.2, -0.15) is 0 Å². The van der Waals surface area contributed by atoms with Crippen LogP contribution in [0.5, 0.6) is 0 Å². The zero-order valence-electron chi connectivity index (χ0n) is 10.7. The van der Waals surface area contributed by atoms with Crippen LogP contribution in [0.4, 0.5) is 5.69 Å². The van der Waals surface area contributed by atoms with E-state index in [2.05, 4.69) is 10.3 Å². The average Bonchev–Trinajstić information content (AvgIpc) is 2.42. The molecule has 0 aromatic carbocycles. The van der Waals surface area contributed by atoms with Gasteiger partial charge in [0.2, 0.25) is 5.91 Å². The van der Waals surface area contributed by atoms with E-state index in [0.29, 0.717) is 5.69 Å². The van der Waals surface area contributed by atoms with Gasteiger partial charge >= 0.3 is 0 Å². The summed E-state index contributed by atoms with van der Waals surface area (Å²) in [4.78, 5) is 17.9. The Kier molecular flexibility index (Phi) is 5.13. The van der Waals surface area contributed by atoms with Crippen molar-refractivity contribution in [3.63, 3.8) is 0 Å². The van der Waals surface area contributed by atoms with Crippen molar-refractivity contribution in [3.8, 4) is 0 Å². The molecule has 1 atom stereocenters. The minimum atomic E-state index is -0.129. The molecule has 0 saturated carbocycles. The Labute approximate surface area is 117 Å². The molecule has 2 rings (SSSR count). The van der Waals surface area contributed by atoms with Crippen LogP contribution in [0.1, 0.15) is 19.3 Å². The van der Waals surface area contributed by atoms with Crippen molar-refractivity contribution >= 4 is 23.2 Å². The molecule has 19 heavy (non-hydrogen) atoms. The summed E-state index contributed by atoms with van der Waals surface area (Å²) in [5.41, 5.74) is 0.520. The summed E-state index contributed by atoms with van der Waals surface area (Å²) < 4.78 is 0. The maximum absolute atomic E-state index is 12.0. The Hall–Kier alpha value is -1.17. The van der Waals surface area contributed by atoms with Crippen LogP contribution in [0, 0.1) is 0 Å². The fourth-order valence-electron chi connectivity index (χ4n) is 2.33. The fraction of sp³-hybridized carbons (Fsp3) is 0.538. The number of pyridine rings is 1. The van der Waals surface area contributed by atoms with Crippen molar-refractivity contribution in [2.45, 2.75) is 25.3 Å². The molecular formula is C13H18ClN3O2. The highest BCUT2D eigenvalue weighted by Gasteiger charge is 2.23. The molecule has 104 valence electrons. The van der Waals surface area contributed by atoms with Gasteiger partial charge in [0.15, 0.2) is 5.15 Å². The van der Waals surface area contributed by atoms with Gasteiger partial charge in [0.05, 0.1) is 18.8 Å². The first-order valence-corrected chi connectivity index (χ1v) is 6.84. The monoisotopic (exact) mass is 283 g/mol. The molecule has 0 bridgehead atoms. The zero-order valence-corrected chi connectivity index (χ0v) is 11.4. The largest absolute Gasteiger partial charge is 0.395 e. The first kappa shape index (κ1) is 14.2. The van der Waals surface area contributed by atoms with Gasteiger partial charge in [-0.05, 0) is 31.5 Å². The summed E-state index contributed by atoms with van der Waals surface area (Å²) in [6, 6.07) is 3.52. The number of halogens is 1. The molecule has 1 aromatic heterocycles. The van der Waals surface area contributed by atoms with E-state index in [4.69, 9.17) is 11.6 Å². The molecule has 2 N–H and O–H groups in total. The van der Waals surface area contributed by atoms with E-state index in [1.807, 2.05) is 4.90 Å². The van der Waals surface area contributed by atoms with Crippen LogP contribution >= 0.6 is 11.6 Å². The summed E-state index contributed by atoms with van der Waals surface area (Å²) >= 11 is 5.89. The van der Waals surface area contributed by atoms with E-state index >= 15 is 0 Å². The Morgan fingerprint density at radius 3 is 3.16 bits per heavy atom. The Bertz CT molecular complexity index is 442. The smallest absolute Gasteiger partial charge is 0.238 e. The number of piperidine rings is 1. The topological polar surface area (TPSA) is 65.5 Å². The van der Waals surface area contributed by atoms with Crippen molar-refractivity contribution in [3.05, 3.63) is 23.5 Å². The van der Waals surface area contributed by atoms with E-state index in [1.54, 1.807) is 18.3 Å². The zero-order chi connectivity index (χ0) is 13.7. The van der Waals surface area contributed by atoms with Crippen LogP contribution in [0.25, 0.3) is 0 Å². The minimum absolute atomic E-state index is 0.0869. The first-order chi connectivity index (χ1) is 9.20. The standard InChI is InChI=1S/C13H18ClN3O2/c14-13-11(5-3-6-15-13)16-12(19)8-17-7-2-1-4-10(17)9-18/h3,5-6,10,18H,1-2,4,7-9H2,(H,16,19)/t10-/m1/s1. The van der Waals surface area contributed by atoms with E-state index in [1.165, 1.54) is 0 Å². The molecule has 1 aliphatic rings. The Morgan fingerprint density at radius 2 is 2.42 bits per heavy atom. The Morgan fingerprint density at radius 1 is 1.58 bits per heavy atom. The molecular weight excluding hydrogens is 266 g/mol. The third-order valence-electron chi connectivity index (χ3n) is 3.34. The van der Waals surface area contributed by atoms with Gasteiger partial charge in [-0.3, -0.25) is 9.69 Å². The number of anilines is 1. The number of carbonyl (C=O) groups excluding carboxylic acids is 1. The average molecular weight is 284 g/mol. The van der Waals surface area contributed by atoms with Crippen molar-refractivity contribution < 1.29 is 9.90 Å². The predicted molar refractivity (Wildman–Crippen MR) is 74.2 cm³/mol. The molecule has 1 aliphatic heterocycles. The van der Waals surface area contributed by atoms with Crippen molar-refractivity contribution in [2.75, 3.05) is 25.0 Å². The highest BCUT2D eigenvalue weighted by molar-refractivity contribution is 6.32. The van der Waals surface area contributed by atoms with Crippen LogP contribution in [-0.4, -0.2) is 46.6 Å². The quantitative estimate of drug-likeness (QED) is 0.823. The summed E-state index contributed by atoms with van der Waals surface area (Å²) in [6.07, 6.45) is 4.69. The molecule has 1 saturated heterocycles. The summed E-state index contributed by atoms with van der Waals surface area (Å²) in [5.74, 6) is -0.129. The van der Waals surface area contributed by atoms with E-state index < -0.39 is 0 Å². The fourth-order valence-corrected chi connectivity index (χ4v) is 2.49. The Balaban J connectivity index is 1.92. The lowest BCUT2D eigenvalue weighted by Crippen LogP contribution is -2.45. The molecule has 6 heteroatoms. The van der Waals surface area contributed by atoms with E-state index in [0.717, 1.165) is 25.8 Å². The molecule has 2 heterocycles. The van der Waals surface area contributed by atoms with Gasteiger partial charge in [-0.1, -0.05) is 18.0 Å². The van der Waals surface area contributed by atoms with Gasteiger partial charge in [0.25, 0.3) is 0 Å². The molecule has 0 spiro atoms. The van der Waals surface area contributed by atoms with Crippen molar-refractivity contribution in [2.24, 2.45) is 0 Å². The van der Waals surface area contributed by atoms with Crippen LogP contribution in [-0.2, 0) is 4.79 Å². The van der Waals surface area contributed by atoms with Crippen LogP contribution < -0.4 is 5.32 Å². The molecule has 1 aromatic rings. The summed E-state index contributed by atoms with van der Waals surface area (Å²) in [5, 5.41) is 12.3. The van der Waals surface area contributed by atoms with Gasteiger partial charge in [-0.25, -0.2) is 4.98 Å². The first-order valence-electron chi connectivity index (χ1n) is 6.46. The number of amides is 1. The number of carbonyl (C=O) groups is 1. The van der Waals surface area contributed by atoms with Gasteiger partial charge in [0.1, 0.15) is 0 Å². The highest BCUT2D eigenvalue weighted by atomic mass is 35.5. The third kappa shape index (κ3) is 3.89. The number of hydrogen-bond donors (Lipinski definition) is 2. The number of likely N-dealkylation sites (tertiary alicyclic amines) is 1. The second-order valence-electron chi connectivity index (χ2n) is 4.69. The summed E-state index contributed by atoms with van der Waals surface area (Å²) in [7, 11) is 0. The summed E-state index contributed by atoms with van der Waals surface area (Å²) in [6.45, 7) is 1.22. The normalized spacial score (nSPS) is 20.2. The van der Waals surface area contributed by atoms with Crippen LogP contribution in [0.3, 0.4) is 0 Å². The lowest BCUT2D eigenvalue weighted by molar-refractivity contribution is -0.118. The molecule has 0 radical (unpaired) electrons. The molecule has 5 nitrogen and oxygen atoms in total. The number of nitrogens with zero attached hydrogens (tertiary/aromatic N) is 2. The number of rotatable bonds is 4. The van der Waals surface area contributed by atoms with Crippen molar-refractivity contribution in [1.29, 1.82) is 0 Å². The lowest BCUT2D eigenvalue weighted by Gasteiger charge is -2.33. The van der Waals surface area contributed by atoms with E-state index in [9.17, 15) is 9.90 Å². The highest BCUT2D eigenvalue weighted by Crippen LogP contribution is 2.19. The predicted octanol–water partition coefficient (Wildman–Crippen LogP) is 1.52. The number of aliphatic hydroxyl groups is 1.